The first kappa shape index (κ1) is 23.1. The lowest BCUT2D eigenvalue weighted by Gasteiger charge is -2.16. The summed E-state index contributed by atoms with van der Waals surface area (Å²) in [7, 11) is 0. The predicted molar refractivity (Wildman–Crippen MR) is 118 cm³/mol. The minimum absolute atomic E-state index is 0.189. The van der Waals surface area contributed by atoms with E-state index in [9.17, 15) is 4.39 Å². The molecule has 0 heterocycles. The van der Waals surface area contributed by atoms with Gasteiger partial charge in [0.15, 0.2) is 0 Å². The number of nitrogens with two attached hydrogens (primary N) is 1. The summed E-state index contributed by atoms with van der Waals surface area (Å²) in [5.41, 5.74) is 12.2. The highest BCUT2D eigenvalue weighted by atomic mass is 19.1. The Hall–Kier alpha value is -3.18. The molecular formula is C25H28FNO3. The molecule has 0 saturated heterocycles. The largest absolute Gasteiger partial charge is 0.489 e. The van der Waals surface area contributed by atoms with Crippen molar-refractivity contribution in [2.24, 2.45) is 5.73 Å². The van der Waals surface area contributed by atoms with E-state index in [1.54, 1.807) is 12.1 Å². The molecule has 158 valence electrons. The number of hydrogen-bond donors (Lipinski definition) is 2. The fraction of sp³-hybridized carbons (Fsp3) is 0.240. The van der Waals surface area contributed by atoms with Crippen LogP contribution in [0.25, 0.3) is 11.1 Å². The summed E-state index contributed by atoms with van der Waals surface area (Å²) in [5, 5.41) is 6.89. The molecule has 3 aromatic rings. The summed E-state index contributed by atoms with van der Waals surface area (Å²) in [6, 6.07) is 17.5. The third-order valence-corrected chi connectivity index (χ3v) is 5.12. The van der Waals surface area contributed by atoms with Crippen LogP contribution in [0, 0.1) is 19.7 Å². The molecule has 0 radical (unpaired) electrons. The molecule has 0 bridgehead atoms. The van der Waals surface area contributed by atoms with Crippen molar-refractivity contribution in [2.75, 3.05) is 0 Å². The Morgan fingerprint density at radius 1 is 1.03 bits per heavy atom. The third kappa shape index (κ3) is 5.45. The van der Waals surface area contributed by atoms with Crippen molar-refractivity contribution in [3.05, 3.63) is 88.2 Å². The molecule has 0 aromatic heterocycles. The van der Waals surface area contributed by atoms with Gasteiger partial charge in [0, 0.05) is 17.7 Å². The van der Waals surface area contributed by atoms with Crippen LogP contribution in [0.3, 0.4) is 0 Å². The van der Waals surface area contributed by atoms with Crippen molar-refractivity contribution < 1.29 is 19.0 Å². The highest BCUT2D eigenvalue weighted by Crippen LogP contribution is 2.30. The van der Waals surface area contributed by atoms with Crippen LogP contribution < -0.4 is 10.5 Å². The van der Waals surface area contributed by atoms with Gasteiger partial charge < -0.3 is 15.6 Å². The summed E-state index contributed by atoms with van der Waals surface area (Å²) in [5.74, 6) is 0.658. The van der Waals surface area contributed by atoms with E-state index in [4.69, 9.17) is 20.4 Å². The van der Waals surface area contributed by atoms with Crippen LogP contribution in [-0.2, 0) is 24.4 Å². The van der Waals surface area contributed by atoms with Crippen LogP contribution in [0.5, 0.6) is 5.75 Å². The van der Waals surface area contributed by atoms with E-state index in [1.165, 1.54) is 11.1 Å². The molecule has 3 rings (SSSR count). The molecule has 30 heavy (non-hydrogen) atoms. The van der Waals surface area contributed by atoms with Crippen molar-refractivity contribution in [1.29, 1.82) is 0 Å². The van der Waals surface area contributed by atoms with Gasteiger partial charge in [-0.1, -0.05) is 49.4 Å². The minimum Gasteiger partial charge on any atom is -0.489 e. The Balaban J connectivity index is 0.00000101. The Labute approximate surface area is 177 Å². The topological polar surface area (TPSA) is 72.5 Å². The molecule has 3 N–H and O–H groups in total. The van der Waals surface area contributed by atoms with E-state index >= 15 is 0 Å². The molecule has 0 fully saturated rings. The van der Waals surface area contributed by atoms with E-state index in [1.807, 2.05) is 43.3 Å². The molecule has 0 unspecified atom stereocenters. The average Bonchev–Trinajstić information content (AvgIpc) is 2.75. The standard InChI is InChI=1S/C24H26FNO.CH2O2/c1-4-18-8-5-6-11-23(18)27-15-21-13-20(12-16(2)17(21)3)22-10-7-9-19(14-26)24(22)25;2-1-3/h5-13H,4,14-15,26H2,1-3H3;1H,(H,2,3). The van der Waals surface area contributed by atoms with Crippen molar-refractivity contribution in [1.82, 2.24) is 0 Å². The summed E-state index contributed by atoms with van der Waals surface area (Å²) >= 11 is 0. The maximum absolute atomic E-state index is 14.8. The Morgan fingerprint density at radius 2 is 1.70 bits per heavy atom. The van der Waals surface area contributed by atoms with E-state index < -0.39 is 0 Å². The number of benzene rings is 3. The monoisotopic (exact) mass is 409 g/mol. The Morgan fingerprint density at radius 3 is 2.37 bits per heavy atom. The van der Waals surface area contributed by atoms with Gasteiger partial charge in [-0.05, 0) is 60.2 Å². The summed E-state index contributed by atoms with van der Waals surface area (Å²) in [4.78, 5) is 8.36. The second-order valence-corrected chi connectivity index (χ2v) is 6.92. The van der Waals surface area contributed by atoms with Gasteiger partial charge in [0.25, 0.3) is 6.47 Å². The van der Waals surface area contributed by atoms with Gasteiger partial charge in [0.1, 0.15) is 18.2 Å². The number of hydrogen-bond acceptors (Lipinski definition) is 3. The second kappa shape index (κ2) is 11.1. The lowest BCUT2D eigenvalue weighted by Crippen LogP contribution is -2.03. The first-order chi connectivity index (χ1) is 14.5. The zero-order valence-electron chi connectivity index (χ0n) is 17.6. The number of aryl methyl sites for hydroxylation is 2. The highest BCUT2D eigenvalue weighted by molar-refractivity contribution is 5.67. The van der Waals surface area contributed by atoms with Crippen molar-refractivity contribution in [3.8, 4) is 16.9 Å². The molecule has 4 nitrogen and oxygen atoms in total. The van der Waals surface area contributed by atoms with Crippen LogP contribution in [0.1, 0.15) is 34.7 Å². The number of halogens is 1. The highest BCUT2D eigenvalue weighted by Gasteiger charge is 2.13. The Bertz CT molecular complexity index is 1000. The van der Waals surface area contributed by atoms with Crippen LogP contribution in [-0.4, -0.2) is 11.6 Å². The SMILES string of the molecule is CCc1ccccc1OCc1cc(-c2cccc(CN)c2F)cc(C)c1C.O=CO. The molecule has 0 aliphatic rings. The first-order valence-corrected chi connectivity index (χ1v) is 9.83. The van der Waals surface area contributed by atoms with Crippen LogP contribution >= 0.6 is 0 Å². The molecule has 0 aliphatic heterocycles. The fourth-order valence-corrected chi connectivity index (χ4v) is 3.29. The summed E-state index contributed by atoms with van der Waals surface area (Å²) in [6.45, 7) is 6.64. The van der Waals surface area contributed by atoms with E-state index in [0.717, 1.165) is 28.9 Å². The molecule has 0 atom stereocenters. The summed E-state index contributed by atoms with van der Waals surface area (Å²) < 4.78 is 20.9. The smallest absolute Gasteiger partial charge is 0.290 e. The van der Waals surface area contributed by atoms with Crippen molar-refractivity contribution >= 4 is 6.47 Å². The van der Waals surface area contributed by atoms with Crippen molar-refractivity contribution in [2.45, 2.75) is 40.3 Å². The zero-order chi connectivity index (χ0) is 22.1. The lowest BCUT2D eigenvalue weighted by molar-refractivity contribution is -0.122. The molecule has 0 saturated carbocycles. The molecular weight excluding hydrogens is 381 g/mol. The second-order valence-electron chi connectivity index (χ2n) is 6.92. The minimum atomic E-state index is -0.250. The predicted octanol–water partition coefficient (Wildman–Crippen LogP) is 5.41. The van der Waals surface area contributed by atoms with Crippen LogP contribution in [0.2, 0.25) is 0 Å². The Kier molecular flexibility index (Phi) is 8.56. The molecule has 0 spiro atoms. The fourth-order valence-electron chi connectivity index (χ4n) is 3.29. The van der Waals surface area contributed by atoms with Gasteiger partial charge in [-0.15, -0.1) is 0 Å². The van der Waals surface area contributed by atoms with Gasteiger partial charge in [-0.2, -0.15) is 0 Å². The van der Waals surface area contributed by atoms with Gasteiger partial charge in [0.05, 0.1) is 0 Å². The number of carboxylic acid groups (broad SMARTS) is 1. The van der Waals surface area contributed by atoms with E-state index in [0.29, 0.717) is 17.7 Å². The molecule has 3 aromatic carbocycles. The molecule has 0 amide bonds. The number of para-hydroxylation sites is 1. The third-order valence-electron chi connectivity index (χ3n) is 5.12. The van der Waals surface area contributed by atoms with Gasteiger partial charge in [-0.25, -0.2) is 4.39 Å². The van der Waals surface area contributed by atoms with E-state index in [2.05, 4.69) is 19.9 Å². The first-order valence-electron chi connectivity index (χ1n) is 9.83. The van der Waals surface area contributed by atoms with Crippen molar-refractivity contribution in [3.63, 3.8) is 0 Å². The maximum atomic E-state index is 14.8. The average molecular weight is 410 g/mol. The van der Waals surface area contributed by atoms with Gasteiger partial charge in [0.2, 0.25) is 0 Å². The maximum Gasteiger partial charge on any atom is 0.290 e. The zero-order valence-corrected chi connectivity index (χ0v) is 17.6. The normalized spacial score (nSPS) is 10.2. The van der Waals surface area contributed by atoms with E-state index in [-0.39, 0.29) is 18.8 Å². The number of ether oxygens (including phenoxy) is 1. The number of carbonyl (C=O) groups is 1. The lowest BCUT2D eigenvalue weighted by atomic mass is 9.94. The summed E-state index contributed by atoms with van der Waals surface area (Å²) in [6.07, 6.45) is 0.922. The molecule has 0 aliphatic carbocycles. The van der Waals surface area contributed by atoms with Crippen LogP contribution in [0.15, 0.2) is 54.6 Å². The molecule has 5 heteroatoms. The van der Waals surface area contributed by atoms with Crippen LogP contribution in [0.4, 0.5) is 4.39 Å². The quantitative estimate of drug-likeness (QED) is 0.534. The number of rotatable bonds is 6. The van der Waals surface area contributed by atoms with Gasteiger partial charge >= 0.3 is 0 Å². The van der Waals surface area contributed by atoms with Gasteiger partial charge in [-0.3, -0.25) is 4.79 Å².